The van der Waals surface area contributed by atoms with Gasteiger partial charge in [0.2, 0.25) is 5.95 Å². The van der Waals surface area contributed by atoms with E-state index in [1.165, 1.54) is 19.3 Å². The van der Waals surface area contributed by atoms with Crippen LogP contribution in [-0.2, 0) is 0 Å². The number of aryl methyl sites for hydroxylation is 1. The molecule has 0 unspecified atom stereocenters. The highest BCUT2D eigenvalue weighted by Gasteiger charge is 2.26. The Kier molecular flexibility index (Phi) is 5.40. The number of piperidine rings is 1. The van der Waals surface area contributed by atoms with Crippen LogP contribution in [0.2, 0.25) is 0 Å². The Morgan fingerprint density at radius 2 is 1.65 bits per heavy atom. The molecule has 7 heteroatoms. The van der Waals surface area contributed by atoms with E-state index in [1.807, 2.05) is 42.2 Å². The molecule has 2 fully saturated rings. The number of pyridine rings is 1. The summed E-state index contributed by atoms with van der Waals surface area (Å²) >= 11 is 0. The molecule has 0 atom stereocenters. The third-order valence-electron chi connectivity index (χ3n) is 6.23. The SMILES string of the molecule is Cc1cc(N2CCCCC2)nc(N2CCN(C(=O)c3nccc4ccccc34)CC2)n1. The zero-order valence-corrected chi connectivity index (χ0v) is 18.0. The smallest absolute Gasteiger partial charge is 0.273 e. The summed E-state index contributed by atoms with van der Waals surface area (Å²) < 4.78 is 0. The van der Waals surface area contributed by atoms with E-state index in [9.17, 15) is 4.79 Å². The van der Waals surface area contributed by atoms with Gasteiger partial charge in [-0.3, -0.25) is 9.78 Å². The predicted molar refractivity (Wildman–Crippen MR) is 123 cm³/mol. The van der Waals surface area contributed by atoms with Crippen LogP contribution in [0.4, 0.5) is 11.8 Å². The molecule has 1 aromatic carbocycles. The maximum absolute atomic E-state index is 13.2. The van der Waals surface area contributed by atoms with Gasteiger partial charge in [0.1, 0.15) is 11.5 Å². The van der Waals surface area contributed by atoms with Gasteiger partial charge in [-0.2, -0.15) is 4.98 Å². The van der Waals surface area contributed by atoms with Crippen molar-refractivity contribution >= 4 is 28.4 Å². The van der Waals surface area contributed by atoms with Crippen LogP contribution in [0.1, 0.15) is 35.4 Å². The monoisotopic (exact) mass is 416 g/mol. The highest BCUT2D eigenvalue weighted by molar-refractivity contribution is 6.05. The normalized spacial score (nSPS) is 17.3. The van der Waals surface area contributed by atoms with E-state index < -0.39 is 0 Å². The predicted octanol–water partition coefficient (Wildman–Crippen LogP) is 3.29. The first kappa shape index (κ1) is 19.7. The molecular weight excluding hydrogens is 388 g/mol. The molecule has 0 radical (unpaired) electrons. The summed E-state index contributed by atoms with van der Waals surface area (Å²) in [5.74, 6) is 1.80. The molecule has 0 spiro atoms. The number of anilines is 2. The molecule has 7 nitrogen and oxygen atoms in total. The third-order valence-corrected chi connectivity index (χ3v) is 6.23. The highest BCUT2D eigenvalue weighted by Crippen LogP contribution is 2.23. The van der Waals surface area contributed by atoms with Crippen molar-refractivity contribution in [2.24, 2.45) is 0 Å². The molecule has 31 heavy (non-hydrogen) atoms. The van der Waals surface area contributed by atoms with Crippen LogP contribution in [0.25, 0.3) is 10.8 Å². The van der Waals surface area contributed by atoms with Gasteiger partial charge in [-0.25, -0.2) is 4.98 Å². The molecular formula is C24H28N6O. The zero-order valence-electron chi connectivity index (χ0n) is 18.0. The second-order valence-corrected chi connectivity index (χ2v) is 8.38. The van der Waals surface area contributed by atoms with Crippen LogP contribution < -0.4 is 9.80 Å². The topological polar surface area (TPSA) is 65.5 Å². The van der Waals surface area contributed by atoms with Crippen molar-refractivity contribution in [3.8, 4) is 0 Å². The van der Waals surface area contributed by atoms with Crippen molar-refractivity contribution in [1.29, 1.82) is 0 Å². The number of rotatable bonds is 3. The molecule has 1 amide bonds. The quantitative estimate of drug-likeness (QED) is 0.653. The minimum Gasteiger partial charge on any atom is -0.356 e. The van der Waals surface area contributed by atoms with Gasteiger partial charge >= 0.3 is 0 Å². The Bertz CT molecular complexity index is 1080. The van der Waals surface area contributed by atoms with Gasteiger partial charge in [-0.05, 0) is 37.6 Å². The second kappa shape index (κ2) is 8.49. The molecule has 160 valence electrons. The Balaban J connectivity index is 1.30. The Morgan fingerprint density at radius 3 is 2.45 bits per heavy atom. The molecule has 0 N–H and O–H groups in total. The maximum Gasteiger partial charge on any atom is 0.273 e. The number of carbonyl (C=O) groups is 1. The van der Waals surface area contributed by atoms with Crippen LogP contribution in [0.5, 0.6) is 0 Å². The van der Waals surface area contributed by atoms with Gasteiger partial charge in [-0.15, -0.1) is 0 Å². The molecule has 0 saturated carbocycles. The van der Waals surface area contributed by atoms with E-state index in [1.54, 1.807) is 6.20 Å². The number of benzene rings is 1. The summed E-state index contributed by atoms with van der Waals surface area (Å²) in [5, 5.41) is 1.95. The molecule has 0 bridgehead atoms. The first-order valence-electron chi connectivity index (χ1n) is 11.2. The summed E-state index contributed by atoms with van der Waals surface area (Å²) in [6.07, 6.45) is 5.46. The number of hydrogen-bond acceptors (Lipinski definition) is 6. The molecule has 0 aliphatic carbocycles. The average Bonchev–Trinajstić information content (AvgIpc) is 2.83. The Labute approximate surface area is 182 Å². The van der Waals surface area contributed by atoms with Crippen LogP contribution in [0.15, 0.2) is 42.6 Å². The first-order valence-corrected chi connectivity index (χ1v) is 11.2. The van der Waals surface area contributed by atoms with Crippen molar-refractivity contribution in [2.75, 3.05) is 49.1 Å². The highest BCUT2D eigenvalue weighted by atomic mass is 16.2. The number of nitrogens with zero attached hydrogens (tertiary/aromatic N) is 6. The van der Waals surface area contributed by atoms with E-state index in [-0.39, 0.29) is 5.91 Å². The molecule has 2 saturated heterocycles. The van der Waals surface area contributed by atoms with Gasteiger partial charge in [0.25, 0.3) is 5.91 Å². The fraction of sp³-hybridized carbons (Fsp3) is 0.417. The lowest BCUT2D eigenvalue weighted by Gasteiger charge is -2.35. The van der Waals surface area contributed by atoms with E-state index in [4.69, 9.17) is 9.97 Å². The number of aromatic nitrogens is 3. The number of fused-ring (bicyclic) bond motifs is 1. The van der Waals surface area contributed by atoms with E-state index in [0.717, 1.165) is 54.4 Å². The lowest BCUT2D eigenvalue weighted by Crippen LogP contribution is -2.49. The molecule has 2 aliphatic rings. The van der Waals surface area contributed by atoms with E-state index in [2.05, 4.69) is 20.9 Å². The number of piperazine rings is 1. The Morgan fingerprint density at radius 1 is 0.871 bits per heavy atom. The van der Waals surface area contributed by atoms with Crippen LogP contribution in [-0.4, -0.2) is 65.0 Å². The maximum atomic E-state index is 13.2. The number of hydrogen-bond donors (Lipinski definition) is 0. The van der Waals surface area contributed by atoms with E-state index in [0.29, 0.717) is 18.8 Å². The number of carbonyl (C=O) groups excluding carboxylic acids is 1. The van der Waals surface area contributed by atoms with Crippen molar-refractivity contribution in [1.82, 2.24) is 19.9 Å². The fourth-order valence-electron chi connectivity index (χ4n) is 4.51. The molecule has 2 aromatic heterocycles. The largest absolute Gasteiger partial charge is 0.356 e. The van der Waals surface area contributed by atoms with Gasteiger partial charge in [0.05, 0.1) is 0 Å². The fourth-order valence-corrected chi connectivity index (χ4v) is 4.51. The zero-order chi connectivity index (χ0) is 21.2. The standard InChI is InChI=1S/C24H28N6O/c1-18-17-21(28-11-5-2-6-12-28)27-24(26-18)30-15-13-29(14-16-30)23(31)22-20-8-4-3-7-19(20)9-10-25-22/h3-4,7-10,17H,2,5-6,11-16H2,1H3. The van der Waals surface area contributed by atoms with Crippen molar-refractivity contribution in [3.05, 3.63) is 54.0 Å². The molecule has 5 rings (SSSR count). The minimum atomic E-state index is -0.00406. The molecule has 2 aliphatic heterocycles. The lowest BCUT2D eigenvalue weighted by atomic mass is 10.1. The van der Waals surface area contributed by atoms with Crippen molar-refractivity contribution < 1.29 is 4.79 Å². The molecule has 4 heterocycles. The van der Waals surface area contributed by atoms with Crippen molar-refractivity contribution in [2.45, 2.75) is 26.2 Å². The van der Waals surface area contributed by atoms with Crippen molar-refractivity contribution in [3.63, 3.8) is 0 Å². The van der Waals surface area contributed by atoms with Gasteiger partial charge in [-0.1, -0.05) is 24.3 Å². The Hall–Kier alpha value is -3.22. The lowest BCUT2D eigenvalue weighted by molar-refractivity contribution is 0.0742. The second-order valence-electron chi connectivity index (χ2n) is 8.38. The van der Waals surface area contributed by atoms with Gasteiger partial charge in [0, 0.05) is 62.6 Å². The summed E-state index contributed by atoms with van der Waals surface area (Å²) in [5.41, 5.74) is 1.52. The minimum absolute atomic E-state index is 0.00406. The average molecular weight is 417 g/mol. The third kappa shape index (κ3) is 4.04. The summed E-state index contributed by atoms with van der Waals surface area (Å²) in [7, 11) is 0. The van der Waals surface area contributed by atoms with Crippen LogP contribution in [0, 0.1) is 6.92 Å². The first-order chi connectivity index (χ1) is 15.2. The van der Waals surface area contributed by atoms with Gasteiger partial charge < -0.3 is 14.7 Å². The summed E-state index contributed by atoms with van der Waals surface area (Å²) in [4.78, 5) is 33.6. The van der Waals surface area contributed by atoms with E-state index >= 15 is 0 Å². The summed E-state index contributed by atoms with van der Waals surface area (Å²) in [6, 6.07) is 11.9. The van der Waals surface area contributed by atoms with Crippen LogP contribution >= 0.6 is 0 Å². The van der Waals surface area contributed by atoms with Gasteiger partial charge in [0.15, 0.2) is 0 Å². The molecule has 3 aromatic rings. The van der Waals surface area contributed by atoms with Crippen LogP contribution in [0.3, 0.4) is 0 Å². The number of amides is 1. The summed E-state index contributed by atoms with van der Waals surface area (Å²) in [6.45, 7) is 6.88.